The van der Waals surface area contributed by atoms with Gasteiger partial charge in [0, 0.05) is 25.4 Å². The van der Waals surface area contributed by atoms with Crippen molar-refractivity contribution in [3.63, 3.8) is 0 Å². The Hall–Kier alpha value is -1.69. The number of hydrogen-bond donors (Lipinski definition) is 1. The highest BCUT2D eigenvalue weighted by molar-refractivity contribution is 7.85. The lowest BCUT2D eigenvalue weighted by molar-refractivity contribution is -0.440. The third-order valence-corrected chi connectivity index (χ3v) is 8.71. The van der Waals surface area contributed by atoms with Gasteiger partial charge < -0.3 is 24.5 Å². The molecule has 0 aromatic heterocycles. The van der Waals surface area contributed by atoms with Crippen molar-refractivity contribution >= 4 is 21.7 Å². The van der Waals surface area contributed by atoms with Crippen LogP contribution in [0.15, 0.2) is 29.2 Å². The van der Waals surface area contributed by atoms with E-state index in [-0.39, 0.29) is 55.2 Å². The minimum atomic E-state index is -4.56. The van der Waals surface area contributed by atoms with E-state index < -0.39 is 16.2 Å². The van der Waals surface area contributed by atoms with Crippen molar-refractivity contribution in [2.75, 3.05) is 19.8 Å². The van der Waals surface area contributed by atoms with E-state index in [0.717, 1.165) is 44.9 Å². The fourth-order valence-corrected chi connectivity index (χ4v) is 6.02. The molecule has 0 amide bonds. The van der Waals surface area contributed by atoms with Crippen LogP contribution in [-0.4, -0.2) is 62.6 Å². The van der Waals surface area contributed by atoms with Crippen LogP contribution in [0, 0.1) is 5.92 Å². The van der Waals surface area contributed by atoms with Gasteiger partial charge in [-0.2, -0.15) is 0 Å². The first-order chi connectivity index (χ1) is 18.8. The maximum Gasteiger partial charge on any atom is 0.174 e. The molecular weight excluding hydrogens is 522 g/mol. The van der Waals surface area contributed by atoms with Crippen LogP contribution in [-0.2, 0) is 40.5 Å². The van der Waals surface area contributed by atoms with Crippen molar-refractivity contribution in [3.8, 4) is 0 Å². The Morgan fingerprint density at radius 3 is 2.18 bits per heavy atom. The normalized spacial score (nSPS) is 27.9. The summed E-state index contributed by atoms with van der Waals surface area (Å²) in [7, 11) is -4.56. The summed E-state index contributed by atoms with van der Waals surface area (Å²) in [6.07, 6.45) is 11.1. The van der Waals surface area contributed by atoms with Gasteiger partial charge in [-0.3, -0.25) is 9.59 Å². The van der Waals surface area contributed by atoms with E-state index in [1.165, 1.54) is 49.9 Å². The molecule has 0 radical (unpaired) electrons. The monoisotopic (exact) mass is 567 g/mol. The molecule has 2 fully saturated rings. The van der Waals surface area contributed by atoms with Crippen LogP contribution in [0.5, 0.6) is 0 Å². The van der Waals surface area contributed by atoms with Crippen LogP contribution < -0.4 is 5.73 Å². The fourth-order valence-electron chi connectivity index (χ4n) is 5.55. The molecular formula is C29H45NO8S. The molecule has 39 heavy (non-hydrogen) atoms. The summed E-state index contributed by atoms with van der Waals surface area (Å²) in [5.41, 5.74) is 5.04. The number of ketones is 2. The van der Waals surface area contributed by atoms with E-state index in [9.17, 15) is 22.6 Å². The number of fused-ring (bicyclic) bond motifs is 1. The molecule has 1 aliphatic carbocycles. The van der Waals surface area contributed by atoms with Gasteiger partial charge in [0.05, 0.1) is 36.9 Å². The topological polar surface area (TPSA) is 147 Å². The van der Waals surface area contributed by atoms with Crippen molar-refractivity contribution in [1.82, 2.24) is 0 Å². The maximum atomic E-state index is 13.2. The smallest absolute Gasteiger partial charge is 0.174 e. The summed E-state index contributed by atoms with van der Waals surface area (Å²) in [6.45, 7) is 0.964. The molecule has 1 aliphatic heterocycles. The number of hydrogen-bond acceptors (Lipinski definition) is 8. The summed E-state index contributed by atoms with van der Waals surface area (Å²) < 4.78 is 51.2. The summed E-state index contributed by atoms with van der Waals surface area (Å²) in [4.78, 5) is 25.8. The summed E-state index contributed by atoms with van der Waals surface area (Å²) >= 11 is 0. The Labute approximate surface area is 232 Å². The highest BCUT2D eigenvalue weighted by Crippen LogP contribution is 2.29. The average Bonchev–Trinajstić information content (AvgIpc) is 3.14. The quantitative estimate of drug-likeness (QED) is 0.430. The van der Waals surface area contributed by atoms with E-state index in [4.69, 9.17) is 14.2 Å². The van der Waals surface area contributed by atoms with Crippen LogP contribution in [0.25, 0.3) is 0 Å². The van der Waals surface area contributed by atoms with Crippen molar-refractivity contribution in [2.24, 2.45) is 5.92 Å². The second kappa shape index (κ2) is 16.5. The zero-order valence-corrected chi connectivity index (χ0v) is 23.8. The van der Waals surface area contributed by atoms with E-state index >= 15 is 0 Å². The molecule has 0 spiro atoms. The van der Waals surface area contributed by atoms with Gasteiger partial charge in [-0.05, 0) is 49.8 Å². The number of carbonyl (C=O) groups is 2. The third kappa shape index (κ3) is 11.0. The van der Waals surface area contributed by atoms with Crippen molar-refractivity contribution in [3.05, 3.63) is 29.8 Å². The number of carbonyl (C=O) groups excluding carboxylic acids is 2. The van der Waals surface area contributed by atoms with E-state index in [0.29, 0.717) is 24.1 Å². The van der Waals surface area contributed by atoms with Gasteiger partial charge >= 0.3 is 0 Å². The van der Waals surface area contributed by atoms with Gasteiger partial charge in [0.2, 0.25) is 0 Å². The second-order valence-electron chi connectivity index (χ2n) is 10.9. The molecule has 1 saturated heterocycles. The Bertz CT molecular complexity index is 997. The van der Waals surface area contributed by atoms with Crippen LogP contribution in [0.1, 0.15) is 89.0 Å². The first kappa shape index (κ1) is 31.8. The molecule has 4 unspecified atom stereocenters. The Balaban J connectivity index is 1.66. The molecule has 220 valence electrons. The molecule has 1 heterocycles. The van der Waals surface area contributed by atoms with Gasteiger partial charge in [0.15, 0.2) is 17.7 Å². The SMILES string of the molecule is [NH3+]C1CCCCCCCOCCC(=O)C(OCc2ccc(S(=O)(=O)[O-])cc2)C(=O)CCOC2CCCCCC12. The number of benzene rings is 1. The van der Waals surface area contributed by atoms with E-state index in [2.05, 4.69) is 5.73 Å². The lowest BCUT2D eigenvalue weighted by atomic mass is 9.86. The average molecular weight is 568 g/mol. The number of Topliss-reactive ketones (excluding diaryl/α,β-unsaturated/α-hetero) is 2. The Morgan fingerprint density at radius 1 is 0.821 bits per heavy atom. The van der Waals surface area contributed by atoms with Gasteiger partial charge in [0.25, 0.3) is 0 Å². The molecule has 1 aromatic carbocycles. The van der Waals surface area contributed by atoms with Gasteiger partial charge in [-0.1, -0.05) is 50.7 Å². The zero-order valence-electron chi connectivity index (χ0n) is 23.0. The molecule has 2 aliphatic rings. The lowest BCUT2D eigenvalue weighted by Gasteiger charge is -2.28. The van der Waals surface area contributed by atoms with Gasteiger partial charge in [-0.25, -0.2) is 8.42 Å². The fraction of sp³-hybridized carbons (Fsp3) is 0.724. The summed E-state index contributed by atoms with van der Waals surface area (Å²) in [5, 5.41) is 0. The third-order valence-electron chi connectivity index (χ3n) is 7.86. The molecule has 9 nitrogen and oxygen atoms in total. The van der Waals surface area contributed by atoms with Crippen molar-refractivity contribution in [2.45, 2.75) is 113 Å². The van der Waals surface area contributed by atoms with Crippen molar-refractivity contribution < 1.29 is 42.5 Å². The predicted molar refractivity (Wildman–Crippen MR) is 144 cm³/mol. The second-order valence-corrected chi connectivity index (χ2v) is 12.2. The predicted octanol–water partition coefficient (Wildman–Crippen LogP) is 3.34. The summed E-state index contributed by atoms with van der Waals surface area (Å²) in [5.74, 6) is -0.303. The molecule has 3 N–H and O–H groups in total. The lowest BCUT2D eigenvalue weighted by Crippen LogP contribution is -2.66. The van der Waals surface area contributed by atoms with Crippen LogP contribution in [0.4, 0.5) is 0 Å². The summed E-state index contributed by atoms with van der Waals surface area (Å²) in [6, 6.07) is 5.60. The maximum absolute atomic E-state index is 13.2. The first-order valence-electron chi connectivity index (χ1n) is 14.5. The van der Waals surface area contributed by atoms with Gasteiger partial charge in [0.1, 0.15) is 10.1 Å². The molecule has 1 aromatic rings. The molecule has 0 bridgehead atoms. The Morgan fingerprint density at radius 2 is 1.44 bits per heavy atom. The molecule has 1 saturated carbocycles. The number of quaternary nitrogens is 1. The molecule has 4 atom stereocenters. The largest absolute Gasteiger partial charge is 0.744 e. The van der Waals surface area contributed by atoms with E-state index in [1.807, 2.05) is 0 Å². The van der Waals surface area contributed by atoms with Crippen LogP contribution >= 0.6 is 0 Å². The number of rotatable bonds is 4. The molecule has 10 heteroatoms. The first-order valence-corrected chi connectivity index (χ1v) is 15.9. The van der Waals surface area contributed by atoms with Gasteiger partial charge in [-0.15, -0.1) is 0 Å². The molecule has 3 rings (SSSR count). The standard InChI is InChI=1S/C29H45NO8S/c30-25-10-6-2-1-3-8-18-36-19-16-26(31)29(38-21-22-12-14-23(15-13-22)39(33,34)35)27(32)17-20-37-28-11-7-4-5-9-24(25)28/h12-15,24-25,28-29H,1-11,16-21,30H2,(H,33,34,35). The zero-order chi connectivity index (χ0) is 28.1. The Kier molecular flexibility index (Phi) is 13.5. The van der Waals surface area contributed by atoms with Crippen LogP contribution in [0.2, 0.25) is 0 Å². The highest BCUT2D eigenvalue weighted by atomic mass is 32.2. The number of ether oxygens (including phenoxy) is 3. The van der Waals surface area contributed by atoms with Crippen LogP contribution in [0.3, 0.4) is 0 Å². The van der Waals surface area contributed by atoms with E-state index in [1.54, 1.807) is 0 Å². The van der Waals surface area contributed by atoms with Crippen molar-refractivity contribution in [1.29, 1.82) is 0 Å². The minimum absolute atomic E-state index is 0.0651. The highest BCUT2D eigenvalue weighted by Gasteiger charge is 2.32. The minimum Gasteiger partial charge on any atom is -0.744 e.